The molecule has 6 nitrogen and oxygen atoms in total. The number of rotatable bonds is 3. The molecule has 26 heavy (non-hydrogen) atoms. The van der Waals surface area contributed by atoms with Crippen molar-refractivity contribution < 1.29 is 4.42 Å². The van der Waals surface area contributed by atoms with Crippen LogP contribution in [0.1, 0.15) is 17.4 Å². The first-order valence-electron chi connectivity index (χ1n) is 8.34. The van der Waals surface area contributed by atoms with E-state index in [1.165, 1.54) is 11.1 Å². The maximum Gasteiger partial charge on any atom is 0.248 e. The molecular weight excluding hydrogens is 326 g/mol. The normalized spacial score (nSPS) is 15.8. The molecule has 1 N–H and O–H groups in total. The predicted octanol–water partition coefficient (Wildman–Crippen LogP) is 3.99. The van der Waals surface area contributed by atoms with Crippen molar-refractivity contribution >= 4 is 11.6 Å². The highest BCUT2D eigenvalue weighted by molar-refractivity contribution is 5.78. The number of fused-ring (bicyclic) bond motifs is 1. The summed E-state index contributed by atoms with van der Waals surface area (Å²) in [5, 5.41) is 15.2. The number of nitrogens with one attached hydrogen (secondary N) is 1. The monoisotopic (exact) mass is 341 g/mol. The number of hydrogen-bond acceptors (Lipinski definition) is 5. The Morgan fingerprint density at radius 3 is 2.38 bits per heavy atom. The summed E-state index contributed by atoms with van der Waals surface area (Å²) in [5.41, 5.74) is 4.39. The minimum Gasteiger partial charge on any atom is -0.467 e. The third-order valence-electron chi connectivity index (χ3n) is 4.47. The van der Waals surface area contributed by atoms with Gasteiger partial charge in [-0.05, 0) is 45.3 Å². The molecule has 3 heterocycles. The first kappa shape index (κ1) is 14.7. The quantitative estimate of drug-likeness (QED) is 0.610. The fourth-order valence-corrected chi connectivity index (χ4v) is 3.16. The minimum atomic E-state index is -0.181. The number of furan rings is 1. The number of anilines is 1. The molecule has 0 bridgehead atoms. The van der Waals surface area contributed by atoms with E-state index in [-0.39, 0.29) is 6.04 Å². The SMILES string of the molecule is C1=C(c2ccc(-c3ccccc3)cc2)Nc2nnnn2[C@@H]1c1ccco1. The number of allylic oxidation sites excluding steroid dienone is 1. The van der Waals surface area contributed by atoms with Gasteiger partial charge in [0.15, 0.2) is 0 Å². The largest absolute Gasteiger partial charge is 0.467 e. The van der Waals surface area contributed by atoms with Gasteiger partial charge in [-0.3, -0.25) is 0 Å². The summed E-state index contributed by atoms with van der Waals surface area (Å²) in [6.07, 6.45) is 3.73. The summed E-state index contributed by atoms with van der Waals surface area (Å²) in [6, 6.07) is 22.4. The lowest BCUT2D eigenvalue weighted by Gasteiger charge is -2.21. The molecular formula is C20H15N5O. The Bertz CT molecular complexity index is 1050. The molecule has 126 valence electrons. The van der Waals surface area contributed by atoms with Gasteiger partial charge in [0.25, 0.3) is 0 Å². The molecule has 0 unspecified atom stereocenters. The molecule has 0 spiro atoms. The minimum absolute atomic E-state index is 0.181. The number of tetrazole rings is 1. The summed E-state index contributed by atoms with van der Waals surface area (Å²) in [6.45, 7) is 0. The van der Waals surface area contributed by atoms with Crippen LogP contribution in [-0.2, 0) is 0 Å². The maximum absolute atomic E-state index is 5.57. The van der Waals surface area contributed by atoms with Crippen LogP contribution in [0.4, 0.5) is 5.95 Å². The predicted molar refractivity (Wildman–Crippen MR) is 98.1 cm³/mol. The molecule has 5 rings (SSSR count). The van der Waals surface area contributed by atoms with Crippen molar-refractivity contribution in [1.82, 2.24) is 20.2 Å². The summed E-state index contributed by atoms with van der Waals surface area (Å²) in [7, 11) is 0. The van der Waals surface area contributed by atoms with Gasteiger partial charge in [-0.25, -0.2) is 0 Å². The second-order valence-electron chi connectivity index (χ2n) is 6.06. The van der Waals surface area contributed by atoms with Crippen LogP contribution in [0, 0.1) is 0 Å². The van der Waals surface area contributed by atoms with Crippen LogP contribution < -0.4 is 5.32 Å². The molecule has 2 aromatic heterocycles. The van der Waals surface area contributed by atoms with Crippen molar-refractivity contribution in [3.05, 3.63) is 90.4 Å². The number of nitrogens with zero attached hydrogens (tertiary/aromatic N) is 4. The molecule has 4 aromatic rings. The third-order valence-corrected chi connectivity index (χ3v) is 4.47. The molecule has 2 aromatic carbocycles. The number of hydrogen-bond donors (Lipinski definition) is 1. The second-order valence-corrected chi connectivity index (χ2v) is 6.06. The van der Waals surface area contributed by atoms with E-state index in [0.29, 0.717) is 5.95 Å². The fraction of sp³-hybridized carbons (Fsp3) is 0.0500. The zero-order valence-electron chi connectivity index (χ0n) is 13.8. The lowest BCUT2D eigenvalue weighted by Crippen LogP contribution is -2.19. The van der Waals surface area contributed by atoms with Gasteiger partial charge in [-0.1, -0.05) is 59.7 Å². The second kappa shape index (κ2) is 6.00. The Balaban J connectivity index is 1.52. The zero-order valence-corrected chi connectivity index (χ0v) is 13.8. The summed E-state index contributed by atoms with van der Waals surface area (Å²) in [4.78, 5) is 0. The molecule has 0 aliphatic carbocycles. The Hall–Kier alpha value is -3.67. The van der Waals surface area contributed by atoms with Crippen LogP contribution in [-0.4, -0.2) is 20.2 Å². The van der Waals surface area contributed by atoms with Crippen molar-refractivity contribution in [2.45, 2.75) is 6.04 Å². The van der Waals surface area contributed by atoms with E-state index in [0.717, 1.165) is 17.0 Å². The molecule has 0 fully saturated rings. The molecule has 0 saturated carbocycles. The van der Waals surface area contributed by atoms with E-state index in [9.17, 15) is 0 Å². The van der Waals surface area contributed by atoms with Gasteiger partial charge in [0.1, 0.15) is 11.8 Å². The van der Waals surface area contributed by atoms with E-state index in [4.69, 9.17) is 4.42 Å². The molecule has 0 saturated heterocycles. The van der Waals surface area contributed by atoms with Gasteiger partial charge >= 0.3 is 0 Å². The van der Waals surface area contributed by atoms with Crippen LogP contribution in [0.3, 0.4) is 0 Å². The van der Waals surface area contributed by atoms with Gasteiger partial charge in [0.05, 0.1) is 6.26 Å². The first-order chi connectivity index (χ1) is 12.9. The van der Waals surface area contributed by atoms with Gasteiger partial charge in [-0.15, -0.1) is 0 Å². The summed E-state index contributed by atoms with van der Waals surface area (Å²) >= 11 is 0. The van der Waals surface area contributed by atoms with Gasteiger partial charge < -0.3 is 9.73 Å². The number of benzene rings is 2. The van der Waals surface area contributed by atoms with Crippen molar-refractivity contribution in [1.29, 1.82) is 0 Å². The molecule has 1 aliphatic rings. The molecule has 1 aliphatic heterocycles. The Labute approximate surface area is 149 Å². The lowest BCUT2D eigenvalue weighted by molar-refractivity contribution is 0.443. The van der Waals surface area contributed by atoms with Crippen LogP contribution >= 0.6 is 0 Å². The van der Waals surface area contributed by atoms with Gasteiger partial charge in [0, 0.05) is 5.70 Å². The Kier molecular flexibility index (Phi) is 3.38. The van der Waals surface area contributed by atoms with E-state index >= 15 is 0 Å². The molecule has 0 amide bonds. The van der Waals surface area contributed by atoms with Crippen LogP contribution in [0.5, 0.6) is 0 Å². The smallest absolute Gasteiger partial charge is 0.248 e. The standard InChI is InChI=1S/C20H15N5O/c1-2-5-14(6-3-1)15-8-10-16(11-9-15)17-13-18(19-7-4-12-26-19)25-20(21-17)22-23-24-25/h1-13,18H,(H,21,22,24)/t18-/m0/s1. The van der Waals surface area contributed by atoms with Gasteiger partial charge in [-0.2, -0.15) is 4.68 Å². The molecule has 0 radical (unpaired) electrons. The maximum atomic E-state index is 5.57. The highest BCUT2D eigenvalue weighted by Crippen LogP contribution is 2.32. The zero-order chi connectivity index (χ0) is 17.3. The van der Waals surface area contributed by atoms with Crippen molar-refractivity contribution in [3.8, 4) is 11.1 Å². The average molecular weight is 341 g/mol. The summed E-state index contributed by atoms with van der Waals surface area (Å²) < 4.78 is 7.28. The van der Waals surface area contributed by atoms with Crippen LogP contribution in [0.15, 0.2) is 83.5 Å². The van der Waals surface area contributed by atoms with Crippen LogP contribution in [0.2, 0.25) is 0 Å². The molecule has 6 heteroatoms. The lowest BCUT2D eigenvalue weighted by atomic mass is 10.0. The van der Waals surface area contributed by atoms with Gasteiger partial charge in [0.2, 0.25) is 5.95 Å². The van der Waals surface area contributed by atoms with E-state index in [1.807, 2.05) is 30.3 Å². The highest BCUT2D eigenvalue weighted by Gasteiger charge is 2.26. The average Bonchev–Trinajstić information content (AvgIpc) is 3.40. The van der Waals surface area contributed by atoms with Crippen LogP contribution in [0.25, 0.3) is 16.8 Å². The fourth-order valence-electron chi connectivity index (χ4n) is 3.16. The third kappa shape index (κ3) is 2.48. The number of aromatic nitrogens is 4. The van der Waals surface area contributed by atoms with E-state index in [1.54, 1.807) is 10.9 Å². The molecule has 1 atom stereocenters. The Morgan fingerprint density at radius 1 is 0.846 bits per heavy atom. The van der Waals surface area contributed by atoms with Crippen molar-refractivity contribution in [3.63, 3.8) is 0 Å². The Morgan fingerprint density at radius 2 is 1.62 bits per heavy atom. The first-order valence-corrected chi connectivity index (χ1v) is 8.34. The van der Waals surface area contributed by atoms with E-state index < -0.39 is 0 Å². The van der Waals surface area contributed by atoms with Crippen molar-refractivity contribution in [2.24, 2.45) is 0 Å². The highest BCUT2D eigenvalue weighted by atomic mass is 16.3. The van der Waals surface area contributed by atoms with E-state index in [2.05, 4.69) is 63.3 Å². The topological polar surface area (TPSA) is 68.8 Å². The summed E-state index contributed by atoms with van der Waals surface area (Å²) in [5.74, 6) is 1.38. The van der Waals surface area contributed by atoms with Crippen molar-refractivity contribution in [2.75, 3.05) is 5.32 Å².